The van der Waals surface area contributed by atoms with E-state index in [0.29, 0.717) is 0 Å². The first-order chi connectivity index (χ1) is 10.2. The van der Waals surface area contributed by atoms with Gasteiger partial charge in [-0.1, -0.05) is 51.2 Å². The van der Waals surface area contributed by atoms with Crippen molar-refractivity contribution in [1.29, 1.82) is 0 Å². The van der Waals surface area contributed by atoms with Crippen LogP contribution in [0.5, 0.6) is 5.75 Å². The van der Waals surface area contributed by atoms with E-state index in [4.69, 9.17) is 9.47 Å². The van der Waals surface area contributed by atoms with Crippen molar-refractivity contribution in [2.24, 2.45) is 5.92 Å². The predicted octanol–water partition coefficient (Wildman–Crippen LogP) is 5.35. The SMILES string of the molecule is CCc1ccc(OC(CC2CCCCC2)OC(C)C)cc1. The Kier molecular flexibility index (Phi) is 6.56. The van der Waals surface area contributed by atoms with Crippen molar-refractivity contribution < 1.29 is 9.47 Å². The van der Waals surface area contributed by atoms with Gasteiger partial charge in [0.2, 0.25) is 0 Å². The second-order valence-corrected chi connectivity index (χ2v) is 6.47. The van der Waals surface area contributed by atoms with E-state index < -0.39 is 0 Å². The largest absolute Gasteiger partial charge is 0.465 e. The van der Waals surface area contributed by atoms with Gasteiger partial charge in [0.1, 0.15) is 5.75 Å². The van der Waals surface area contributed by atoms with Crippen molar-refractivity contribution in [3.63, 3.8) is 0 Å². The van der Waals surface area contributed by atoms with Crippen molar-refractivity contribution >= 4 is 0 Å². The zero-order chi connectivity index (χ0) is 15.1. The van der Waals surface area contributed by atoms with E-state index in [0.717, 1.165) is 24.5 Å². The Morgan fingerprint density at radius 3 is 2.29 bits per heavy atom. The van der Waals surface area contributed by atoms with E-state index >= 15 is 0 Å². The molecule has 0 heterocycles. The topological polar surface area (TPSA) is 18.5 Å². The van der Waals surface area contributed by atoms with E-state index in [9.17, 15) is 0 Å². The first kappa shape index (κ1) is 16.4. The molecule has 1 aromatic carbocycles. The predicted molar refractivity (Wildman–Crippen MR) is 87.6 cm³/mol. The lowest BCUT2D eigenvalue weighted by atomic mass is 9.87. The lowest BCUT2D eigenvalue weighted by Crippen LogP contribution is -2.27. The second-order valence-electron chi connectivity index (χ2n) is 6.47. The molecule has 2 rings (SSSR count). The van der Waals surface area contributed by atoms with Crippen LogP contribution < -0.4 is 4.74 Å². The molecule has 0 saturated heterocycles. The number of hydrogen-bond acceptors (Lipinski definition) is 2. The standard InChI is InChI=1S/C19H30O2/c1-4-16-10-12-18(13-11-16)21-19(20-15(2)3)14-17-8-6-5-7-9-17/h10-13,15,17,19H,4-9,14H2,1-3H3. The second kappa shape index (κ2) is 8.43. The molecule has 21 heavy (non-hydrogen) atoms. The third-order valence-electron chi connectivity index (χ3n) is 4.27. The first-order valence-corrected chi connectivity index (χ1v) is 8.58. The van der Waals surface area contributed by atoms with Crippen LogP contribution in [-0.4, -0.2) is 12.4 Å². The lowest BCUT2D eigenvalue weighted by molar-refractivity contribution is -0.120. The van der Waals surface area contributed by atoms with Crippen molar-refractivity contribution in [2.75, 3.05) is 0 Å². The molecule has 2 heteroatoms. The van der Waals surface area contributed by atoms with Crippen LogP contribution in [0.3, 0.4) is 0 Å². The van der Waals surface area contributed by atoms with Crippen LogP contribution >= 0.6 is 0 Å². The molecule has 0 N–H and O–H groups in total. The van der Waals surface area contributed by atoms with Gasteiger partial charge in [-0.3, -0.25) is 0 Å². The summed E-state index contributed by atoms with van der Waals surface area (Å²) >= 11 is 0. The maximum Gasteiger partial charge on any atom is 0.200 e. The van der Waals surface area contributed by atoms with Crippen LogP contribution in [-0.2, 0) is 11.2 Å². The molecule has 1 unspecified atom stereocenters. The summed E-state index contributed by atoms with van der Waals surface area (Å²) in [5.74, 6) is 1.69. The molecule has 118 valence electrons. The Labute approximate surface area is 129 Å². The average Bonchev–Trinajstić information content (AvgIpc) is 2.48. The quantitative estimate of drug-likeness (QED) is 0.630. The van der Waals surface area contributed by atoms with Crippen LogP contribution in [0.4, 0.5) is 0 Å². The summed E-state index contributed by atoms with van der Waals surface area (Å²) in [6, 6.07) is 8.41. The summed E-state index contributed by atoms with van der Waals surface area (Å²) < 4.78 is 12.1. The zero-order valence-electron chi connectivity index (χ0n) is 13.8. The fourth-order valence-electron chi connectivity index (χ4n) is 3.09. The molecule has 0 bridgehead atoms. The van der Waals surface area contributed by atoms with Gasteiger partial charge in [0, 0.05) is 6.42 Å². The smallest absolute Gasteiger partial charge is 0.200 e. The third-order valence-corrected chi connectivity index (χ3v) is 4.27. The van der Waals surface area contributed by atoms with Crippen LogP contribution in [0.1, 0.15) is 64.9 Å². The highest BCUT2D eigenvalue weighted by Crippen LogP contribution is 2.29. The zero-order valence-corrected chi connectivity index (χ0v) is 13.8. The lowest BCUT2D eigenvalue weighted by Gasteiger charge is -2.28. The van der Waals surface area contributed by atoms with E-state index in [1.807, 2.05) is 0 Å². The molecule has 1 aliphatic rings. The van der Waals surface area contributed by atoms with Gasteiger partial charge in [-0.2, -0.15) is 0 Å². The normalized spacial score (nSPS) is 17.9. The molecule has 0 radical (unpaired) electrons. The van der Waals surface area contributed by atoms with Crippen molar-refractivity contribution in [2.45, 2.75) is 78.1 Å². The van der Waals surface area contributed by atoms with Crippen molar-refractivity contribution in [3.8, 4) is 5.75 Å². The van der Waals surface area contributed by atoms with Gasteiger partial charge in [-0.05, 0) is 43.9 Å². The van der Waals surface area contributed by atoms with E-state index in [2.05, 4.69) is 45.0 Å². The number of hydrogen-bond donors (Lipinski definition) is 0. The minimum atomic E-state index is -0.111. The molecule has 0 spiro atoms. The summed E-state index contributed by atoms with van der Waals surface area (Å²) in [6.07, 6.45) is 8.96. The molecule has 0 amide bonds. The summed E-state index contributed by atoms with van der Waals surface area (Å²) in [5, 5.41) is 0. The van der Waals surface area contributed by atoms with Crippen molar-refractivity contribution in [3.05, 3.63) is 29.8 Å². The van der Waals surface area contributed by atoms with Crippen LogP contribution in [0.25, 0.3) is 0 Å². The minimum absolute atomic E-state index is 0.111. The van der Waals surface area contributed by atoms with Crippen LogP contribution in [0.2, 0.25) is 0 Å². The Morgan fingerprint density at radius 1 is 1.05 bits per heavy atom. The van der Waals surface area contributed by atoms with Gasteiger partial charge in [0.25, 0.3) is 0 Å². The monoisotopic (exact) mass is 290 g/mol. The summed E-state index contributed by atoms with van der Waals surface area (Å²) in [7, 11) is 0. The summed E-state index contributed by atoms with van der Waals surface area (Å²) in [6.45, 7) is 6.33. The Balaban J connectivity index is 1.93. The molecular formula is C19H30O2. The molecule has 1 aliphatic carbocycles. The van der Waals surface area contributed by atoms with Gasteiger partial charge in [-0.25, -0.2) is 0 Å². The van der Waals surface area contributed by atoms with Gasteiger partial charge < -0.3 is 9.47 Å². The van der Waals surface area contributed by atoms with Crippen LogP contribution in [0, 0.1) is 5.92 Å². The molecule has 0 aromatic heterocycles. The molecular weight excluding hydrogens is 260 g/mol. The molecule has 2 nitrogen and oxygen atoms in total. The Hall–Kier alpha value is -1.02. The maximum atomic E-state index is 6.11. The summed E-state index contributed by atoms with van der Waals surface area (Å²) in [4.78, 5) is 0. The van der Waals surface area contributed by atoms with Gasteiger partial charge in [-0.15, -0.1) is 0 Å². The number of benzene rings is 1. The number of ether oxygens (including phenoxy) is 2. The highest BCUT2D eigenvalue weighted by atomic mass is 16.7. The van der Waals surface area contributed by atoms with Crippen LogP contribution in [0.15, 0.2) is 24.3 Å². The van der Waals surface area contributed by atoms with E-state index in [-0.39, 0.29) is 12.4 Å². The molecule has 1 fully saturated rings. The molecule has 1 saturated carbocycles. The van der Waals surface area contributed by atoms with Gasteiger partial charge >= 0.3 is 0 Å². The van der Waals surface area contributed by atoms with E-state index in [1.165, 1.54) is 37.7 Å². The number of rotatable bonds is 7. The minimum Gasteiger partial charge on any atom is -0.465 e. The molecule has 1 aromatic rings. The summed E-state index contributed by atoms with van der Waals surface area (Å²) in [5.41, 5.74) is 1.34. The highest BCUT2D eigenvalue weighted by Gasteiger charge is 2.21. The molecule has 1 atom stereocenters. The third kappa shape index (κ3) is 5.70. The Morgan fingerprint density at radius 2 is 1.71 bits per heavy atom. The average molecular weight is 290 g/mol. The van der Waals surface area contributed by atoms with Gasteiger partial charge in [0.05, 0.1) is 6.10 Å². The van der Waals surface area contributed by atoms with Gasteiger partial charge in [0.15, 0.2) is 6.29 Å². The van der Waals surface area contributed by atoms with Crippen molar-refractivity contribution in [1.82, 2.24) is 0 Å². The number of aryl methyl sites for hydroxylation is 1. The van der Waals surface area contributed by atoms with E-state index in [1.54, 1.807) is 0 Å². The highest BCUT2D eigenvalue weighted by molar-refractivity contribution is 5.27. The fraction of sp³-hybridized carbons (Fsp3) is 0.684. The fourth-order valence-corrected chi connectivity index (χ4v) is 3.09. The first-order valence-electron chi connectivity index (χ1n) is 8.58. The molecule has 0 aliphatic heterocycles. The maximum absolute atomic E-state index is 6.11. The Bertz CT molecular complexity index is 391.